The van der Waals surface area contributed by atoms with Crippen LogP contribution in [0.3, 0.4) is 0 Å². The maximum atomic E-state index is 11.0. The van der Waals surface area contributed by atoms with Gasteiger partial charge in [0.1, 0.15) is 5.75 Å². The third kappa shape index (κ3) is 1.98. The molecule has 0 saturated carbocycles. The van der Waals surface area contributed by atoms with E-state index in [4.69, 9.17) is 16.3 Å². The first-order chi connectivity index (χ1) is 5.63. The number of rotatable bonds is 2. The summed E-state index contributed by atoms with van der Waals surface area (Å²) < 4.78 is 4.95. The molecule has 0 radical (unpaired) electrons. The van der Waals surface area contributed by atoms with Crippen LogP contribution in [0.2, 0.25) is 5.02 Å². The van der Waals surface area contributed by atoms with Gasteiger partial charge in [0, 0.05) is 10.6 Å². The summed E-state index contributed by atoms with van der Waals surface area (Å²) in [6, 6.07) is 4.94. The smallest absolute Gasteiger partial charge is 0.159 e. The van der Waals surface area contributed by atoms with Crippen molar-refractivity contribution in [1.29, 1.82) is 0 Å². The highest BCUT2D eigenvalue weighted by molar-refractivity contribution is 6.31. The number of carbonyl (C=O) groups excluding carboxylic acids is 1. The number of methoxy groups -OCH3 is 1. The lowest BCUT2D eigenvalue weighted by molar-refractivity contribution is 0.101. The van der Waals surface area contributed by atoms with Crippen LogP contribution in [0.5, 0.6) is 5.75 Å². The number of benzene rings is 1. The molecule has 0 heterocycles. The van der Waals surface area contributed by atoms with E-state index in [0.717, 1.165) is 0 Å². The maximum Gasteiger partial charge on any atom is 0.159 e. The van der Waals surface area contributed by atoms with Gasteiger partial charge in [-0.25, -0.2) is 0 Å². The van der Waals surface area contributed by atoms with Gasteiger partial charge in [0.05, 0.1) is 7.11 Å². The molecule has 0 amide bonds. The lowest BCUT2D eigenvalue weighted by atomic mass is 10.1. The fraction of sp³-hybridized carbons (Fsp3) is 0.222. The van der Waals surface area contributed by atoms with Gasteiger partial charge >= 0.3 is 0 Å². The largest absolute Gasteiger partial charge is 0.497 e. The number of ether oxygens (including phenoxy) is 1. The molecule has 0 aliphatic carbocycles. The van der Waals surface area contributed by atoms with Gasteiger partial charge in [-0.3, -0.25) is 4.79 Å². The van der Waals surface area contributed by atoms with E-state index < -0.39 is 0 Å². The molecule has 1 aromatic rings. The molecular formula is C9H9ClO2. The van der Waals surface area contributed by atoms with Crippen molar-refractivity contribution in [2.24, 2.45) is 0 Å². The summed E-state index contributed by atoms with van der Waals surface area (Å²) >= 11 is 5.74. The molecular weight excluding hydrogens is 176 g/mol. The van der Waals surface area contributed by atoms with Gasteiger partial charge in [-0.05, 0) is 25.1 Å². The average molecular weight is 185 g/mol. The molecule has 0 aliphatic rings. The second-order valence-electron chi connectivity index (χ2n) is 2.44. The minimum atomic E-state index is -0.0178. The minimum absolute atomic E-state index is 0.0178. The molecule has 2 nitrogen and oxygen atoms in total. The van der Waals surface area contributed by atoms with Crippen LogP contribution in [-0.2, 0) is 0 Å². The third-order valence-electron chi connectivity index (χ3n) is 1.51. The van der Waals surface area contributed by atoms with Crippen LogP contribution in [0.4, 0.5) is 0 Å². The van der Waals surface area contributed by atoms with Crippen LogP contribution in [0, 0.1) is 0 Å². The maximum absolute atomic E-state index is 11.0. The van der Waals surface area contributed by atoms with Crippen molar-refractivity contribution in [1.82, 2.24) is 0 Å². The molecule has 0 aliphatic heterocycles. The normalized spacial score (nSPS) is 9.58. The fourth-order valence-corrected chi connectivity index (χ4v) is 1.11. The lowest BCUT2D eigenvalue weighted by Gasteiger charge is -2.02. The van der Waals surface area contributed by atoms with Gasteiger partial charge in [-0.1, -0.05) is 11.6 Å². The average Bonchev–Trinajstić information content (AvgIpc) is 2.03. The zero-order chi connectivity index (χ0) is 9.14. The molecule has 12 heavy (non-hydrogen) atoms. The van der Waals surface area contributed by atoms with Crippen molar-refractivity contribution >= 4 is 17.4 Å². The first-order valence-electron chi connectivity index (χ1n) is 3.49. The molecule has 64 valence electrons. The Hall–Kier alpha value is -1.02. The fourth-order valence-electron chi connectivity index (χ4n) is 0.884. The van der Waals surface area contributed by atoms with E-state index in [9.17, 15) is 4.79 Å². The van der Waals surface area contributed by atoms with E-state index in [1.54, 1.807) is 18.2 Å². The van der Waals surface area contributed by atoms with E-state index in [0.29, 0.717) is 16.3 Å². The second kappa shape index (κ2) is 3.59. The Morgan fingerprint density at radius 1 is 1.42 bits per heavy atom. The monoisotopic (exact) mass is 184 g/mol. The lowest BCUT2D eigenvalue weighted by Crippen LogP contribution is -1.93. The quantitative estimate of drug-likeness (QED) is 0.661. The number of ketones is 1. The first-order valence-corrected chi connectivity index (χ1v) is 3.87. The predicted molar refractivity (Wildman–Crippen MR) is 48.0 cm³/mol. The molecule has 3 heteroatoms. The van der Waals surface area contributed by atoms with Crippen molar-refractivity contribution in [2.45, 2.75) is 6.92 Å². The van der Waals surface area contributed by atoms with Crippen LogP contribution in [-0.4, -0.2) is 12.9 Å². The van der Waals surface area contributed by atoms with Gasteiger partial charge in [-0.2, -0.15) is 0 Å². The van der Waals surface area contributed by atoms with Crippen molar-refractivity contribution in [3.05, 3.63) is 28.8 Å². The highest BCUT2D eigenvalue weighted by atomic mass is 35.5. The van der Waals surface area contributed by atoms with Crippen LogP contribution >= 0.6 is 11.6 Å². The van der Waals surface area contributed by atoms with E-state index in [1.165, 1.54) is 14.0 Å². The highest BCUT2D eigenvalue weighted by Crippen LogP contribution is 2.20. The molecule has 0 fully saturated rings. The molecule has 0 bridgehead atoms. The Morgan fingerprint density at radius 3 is 2.58 bits per heavy atom. The highest BCUT2D eigenvalue weighted by Gasteiger charge is 2.02. The summed E-state index contributed by atoms with van der Waals surface area (Å²) in [5.41, 5.74) is 0.569. The number of halogens is 1. The SMILES string of the molecule is COc1cc(Cl)cc(C(C)=O)c1. The van der Waals surface area contributed by atoms with E-state index in [-0.39, 0.29) is 5.78 Å². The predicted octanol–water partition coefficient (Wildman–Crippen LogP) is 2.55. The Labute approximate surface area is 76.1 Å². The molecule has 0 spiro atoms. The molecule has 1 rings (SSSR count). The van der Waals surface area contributed by atoms with E-state index >= 15 is 0 Å². The molecule has 0 aromatic heterocycles. The number of hydrogen-bond donors (Lipinski definition) is 0. The van der Waals surface area contributed by atoms with Gasteiger partial charge < -0.3 is 4.74 Å². The number of hydrogen-bond acceptors (Lipinski definition) is 2. The van der Waals surface area contributed by atoms with Crippen LogP contribution < -0.4 is 4.74 Å². The molecule has 0 unspecified atom stereocenters. The van der Waals surface area contributed by atoms with E-state index in [1.807, 2.05) is 0 Å². The van der Waals surface area contributed by atoms with Gasteiger partial charge in [0.25, 0.3) is 0 Å². The van der Waals surface area contributed by atoms with Gasteiger partial charge in [-0.15, -0.1) is 0 Å². The van der Waals surface area contributed by atoms with Crippen molar-refractivity contribution in [3.63, 3.8) is 0 Å². The number of carbonyl (C=O) groups is 1. The summed E-state index contributed by atoms with van der Waals surface area (Å²) in [6.45, 7) is 1.49. The minimum Gasteiger partial charge on any atom is -0.497 e. The molecule has 0 atom stereocenters. The Bertz CT molecular complexity index is 307. The van der Waals surface area contributed by atoms with Crippen LogP contribution in [0.15, 0.2) is 18.2 Å². The second-order valence-corrected chi connectivity index (χ2v) is 2.87. The van der Waals surface area contributed by atoms with Crippen molar-refractivity contribution in [2.75, 3.05) is 7.11 Å². The first kappa shape index (κ1) is 9.07. The Morgan fingerprint density at radius 2 is 2.08 bits per heavy atom. The molecule has 0 N–H and O–H groups in total. The third-order valence-corrected chi connectivity index (χ3v) is 1.73. The van der Waals surface area contributed by atoms with Crippen LogP contribution in [0.1, 0.15) is 17.3 Å². The summed E-state index contributed by atoms with van der Waals surface area (Å²) in [4.78, 5) is 11.0. The zero-order valence-corrected chi connectivity index (χ0v) is 7.68. The summed E-state index contributed by atoms with van der Waals surface area (Å²) in [5.74, 6) is 0.587. The summed E-state index contributed by atoms with van der Waals surface area (Å²) in [5, 5.41) is 0.513. The summed E-state index contributed by atoms with van der Waals surface area (Å²) in [6.07, 6.45) is 0. The Balaban J connectivity index is 3.15. The topological polar surface area (TPSA) is 26.3 Å². The Kier molecular flexibility index (Phi) is 2.71. The van der Waals surface area contributed by atoms with Gasteiger partial charge in [0.2, 0.25) is 0 Å². The van der Waals surface area contributed by atoms with Crippen molar-refractivity contribution < 1.29 is 9.53 Å². The van der Waals surface area contributed by atoms with Gasteiger partial charge in [0.15, 0.2) is 5.78 Å². The molecule has 0 saturated heterocycles. The van der Waals surface area contributed by atoms with E-state index in [2.05, 4.69) is 0 Å². The van der Waals surface area contributed by atoms with Crippen molar-refractivity contribution in [3.8, 4) is 5.75 Å². The number of Topliss-reactive ketones (excluding diaryl/α,β-unsaturated/α-hetero) is 1. The van der Waals surface area contributed by atoms with Crippen LogP contribution in [0.25, 0.3) is 0 Å². The molecule has 1 aromatic carbocycles. The summed E-state index contributed by atoms with van der Waals surface area (Å²) in [7, 11) is 1.54. The zero-order valence-electron chi connectivity index (χ0n) is 6.93. The standard InChI is InChI=1S/C9H9ClO2/c1-6(11)7-3-8(10)5-9(4-7)12-2/h3-5H,1-2H3.